The summed E-state index contributed by atoms with van der Waals surface area (Å²) >= 11 is 2.22. The fourth-order valence-corrected chi connectivity index (χ4v) is 3.37. The molecule has 1 aromatic heterocycles. The molecule has 0 aliphatic heterocycles. The van der Waals surface area contributed by atoms with Crippen LogP contribution in [0.5, 0.6) is 0 Å². The largest absolute Gasteiger partial charge is 0.444 e. The molecule has 0 spiro atoms. The van der Waals surface area contributed by atoms with Crippen molar-refractivity contribution in [3.63, 3.8) is 0 Å². The summed E-state index contributed by atoms with van der Waals surface area (Å²) in [5.41, 5.74) is 0.718. The van der Waals surface area contributed by atoms with Gasteiger partial charge in [0, 0.05) is 19.6 Å². The van der Waals surface area contributed by atoms with Crippen molar-refractivity contribution in [3.05, 3.63) is 22.0 Å². The minimum atomic E-state index is -0.439. The van der Waals surface area contributed by atoms with Gasteiger partial charge >= 0.3 is 6.09 Å². The van der Waals surface area contributed by atoms with E-state index in [0.29, 0.717) is 5.92 Å². The number of aromatic nitrogens is 1. The lowest BCUT2D eigenvalue weighted by Gasteiger charge is -2.32. The van der Waals surface area contributed by atoms with Crippen molar-refractivity contribution in [2.75, 3.05) is 18.5 Å². The summed E-state index contributed by atoms with van der Waals surface area (Å²) in [6.45, 7) is 6.69. The maximum absolute atomic E-state index is 11.8. The van der Waals surface area contributed by atoms with E-state index in [0.717, 1.165) is 41.6 Å². The summed E-state index contributed by atoms with van der Waals surface area (Å²) in [6.07, 6.45) is 5.92. The highest BCUT2D eigenvalue weighted by atomic mass is 127. The molecule has 134 valence electrons. The van der Waals surface area contributed by atoms with Crippen LogP contribution in [0.1, 0.15) is 46.5 Å². The highest BCUT2D eigenvalue weighted by Gasteiger charge is 2.25. The number of carbonyl (C=O) groups is 1. The molecular weight excluding hydrogens is 417 g/mol. The van der Waals surface area contributed by atoms with Crippen LogP contribution in [-0.2, 0) is 4.74 Å². The van der Waals surface area contributed by atoms with Gasteiger partial charge in [-0.05, 0) is 87.1 Å². The third-order valence-corrected chi connectivity index (χ3v) is 4.89. The molecule has 1 amide bonds. The summed E-state index contributed by atoms with van der Waals surface area (Å²) in [4.78, 5) is 18.5. The first-order valence-corrected chi connectivity index (χ1v) is 9.63. The second-order valence-corrected chi connectivity index (χ2v) is 8.69. The molecule has 0 radical (unpaired) electrons. The Balaban J connectivity index is 1.74. The topological polar surface area (TPSA) is 54.5 Å². The Morgan fingerprint density at radius 3 is 2.54 bits per heavy atom. The summed E-state index contributed by atoms with van der Waals surface area (Å²) in [6, 6.07) is 4.39. The first-order chi connectivity index (χ1) is 11.2. The zero-order chi connectivity index (χ0) is 17.7. The quantitative estimate of drug-likeness (QED) is 0.558. The third kappa shape index (κ3) is 6.45. The highest BCUT2D eigenvalue weighted by molar-refractivity contribution is 14.1. The van der Waals surface area contributed by atoms with Gasteiger partial charge in [-0.15, -0.1) is 0 Å². The number of amides is 1. The molecule has 1 saturated carbocycles. The molecule has 2 rings (SSSR count). The molecule has 0 bridgehead atoms. The maximum Gasteiger partial charge on any atom is 0.407 e. The van der Waals surface area contributed by atoms with Crippen LogP contribution in [0.15, 0.2) is 18.3 Å². The number of anilines is 1. The van der Waals surface area contributed by atoms with Gasteiger partial charge in [0.05, 0.1) is 11.9 Å². The van der Waals surface area contributed by atoms with Gasteiger partial charge in [-0.3, -0.25) is 0 Å². The number of carbonyl (C=O) groups excluding carboxylic acids is 1. The van der Waals surface area contributed by atoms with E-state index in [1.165, 1.54) is 0 Å². The lowest BCUT2D eigenvalue weighted by atomic mass is 9.85. The smallest absolute Gasteiger partial charge is 0.407 e. The fraction of sp³-hybridized carbons (Fsp3) is 0.667. The van der Waals surface area contributed by atoms with E-state index in [2.05, 4.69) is 50.9 Å². The number of rotatable bonds is 4. The molecule has 1 fully saturated rings. The number of pyridine rings is 1. The molecule has 1 aromatic rings. The van der Waals surface area contributed by atoms with Crippen LogP contribution in [-0.4, -0.2) is 36.3 Å². The van der Waals surface area contributed by atoms with E-state index in [1.54, 1.807) is 0 Å². The maximum atomic E-state index is 11.8. The fourth-order valence-electron chi connectivity index (χ4n) is 3.05. The molecular formula is C18H28IN3O2. The van der Waals surface area contributed by atoms with Crippen LogP contribution in [0.25, 0.3) is 0 Å². The first kappa shape index (κ1) is 19.3. The number of hydrogen-bond acceptors (Lipinski definition) is 4. The predicted molar refractivity (Wildman–Crippen MR) is 105 cm³/mol. The van der Waals surface area contributed by atoms with Gasteiger partial charge in [0.2, 0.25) is 0 Å². The zero-order valence-corrected chi connectivity index (χ0v) is 17.2. The second kappa shape index (κ2) is 8.36. The lowest BCUT2D eigenvalue weighted by molar-refractivity contribution is 0.0488. The Bertz CT molecular complexity index is 534. The van der Waals surface area contributed by atoms with E-state index in [-0.39, 0.29) is 12.1 Å². The SMILES string of the molecule is CN(C[C@H]1CC[C@H](NC(=O)OC(C)(C)C)CC1)c1ccc(I)nc1. The van der Waals surface area contributed by atoms with Crippen molar-refractivity contribution in [1.82, 2.24) is 10.3 Å². The van der Waals surface area contributed by atoms with Gasteiger partial charge in [0.15, 0.2) is 0 Å². The van der Waals surface area contributed by atoms with Crippen LogP contribution in [0.4, 0.5) is 10.5 Å². The molecule has 1 N–H and O–H groups in total. The standard InChI is InChI=1S/C18H28IN3O2/c1-18(2,3)24-17(23)21-14-7-5-13(6-8-14)12-22(4)15-9-10-16(19)20-11-15/h9-11,13-14H,5-8,12H2,1-4H3,(H,21,23)/t13-,14-. The van der Waals surface area contributed by atoms with Crippen LogP contribution in [0.2, 0.25) is 0 Å². The number of nitrogens with one attached hydrogen (secondary N) is 1. The highest BCUT2D eigenvalue weighted by Crippen LogP contribution is 2.26. The number of hydrogen-bond donors (Lipinski definition) is 1. The van der Waals surface area contributed by atoms with Crippen LogP contribution in [0.3, 0.4) is 0 Å². The van der Waals surface area contributed by atoms with Crippen LogP contribution >= 0.6 is 22.6 Å². The zero-order valence-electron chi connectivity index (χ0n) is 15.0. The average molecular weight is 445 g/mol. The summed E-state index contributed by atoms with van der Waals surface area (Å²) < 4.78 is 6.35. The van der Waals surface area contributed by atoms with E-state index >= 15 is 0 Å². The van der Waals surface area contributed by atoms with Crippen molar-refractivity contribution >= 4 is 34.4 Å². The normalized spacial score (nSPS) is 21.2. The number of alkyl carbamates (subject to hydrolysis) is 1. The van der Waals surface area contributed by atoms with Gasteiger partial charge in [0.25, 0.3) is 0 Å². The monoisotopic (exact) mass is 445 g/mol. The van der Waals surface area contributed by atoms with Crippen molar-refractivity contribution in [1.29, 1.82) is 0 Å². The van der Waals surface area contributed by atoms with Gasteiger partial charge in [-0.25, -0.2) is 9.78 Å². The number of halogens is 1. The van der Waals surface area contributed by atoms with Crippen molar-refractivity contribution in [2.24, 2.45) is 5.92 Å². The minimum absolute atomic E-state index is 0.237. The average Bonchev–Trinajstić information content (AvgIpc) is 2.48. The van der Waals surface area contributed by atoms with Gasteiger partial charge in [-0.1, -0.05) is 0 Å². The minimum Gasteiger partial charge on any atom is -0.444 e. The second-order valence-electron chi connectivity index (χ2n) is 7.58. The van der Waals surface area contributed by atoms with E-state index < -0.39 is 5.60 Å². The summed E-state index contributed by atoms with van der Waals surface area (Å²) in [5, 5.41) is 3.00. The number of ether oxygens (including phenoxy) is 1. The van der Waals surface area contributed by atoms with Crippen molar-refractivity contribution in [3.8, 4) is 0 Å². The van der Waals surface area contributed by atoms with E-state index in [1.807, 2.05) is 33.0 Å². The van der Waals surface area contributed by atoms with Gasteiger partial charge < -0.3 is 15.0 Å². The van der Waals surface area contributed by atoms with E-state index in [4.69, 9.17) is 4.74 Å². The molecule has 1 aliphatic rings. The third-order valence-electron chi connectivity index (χ3n) is 4.25. The Morgan fingerprint density at radius 1 is 1.33 bits per heavy atom. The molecule has 1 heterocycles. The Kier molecular flexibility index (Phi) is 6.71. The molecule has 0 saturated heterocycles. The molecule has 5 nitrogen and oxygen atoms in total. The van der Waals surface area contributed by atoms with Crippen LogP contribution < -0.4 is 10.2 Å². The summed E-state index contributed by atoms with van der Waals surface area (Å²) in [5.74, 6) is 0.658. The lowest BCUT2D eigenvalue weighted by Crippen LogP contribution is -2.41. The van der Waals surface area contributed by atoms with Crippen LogP contribution in [0, 0.1) is 9.62 Å². The predicted octanol–water partition coefficient (Wildman–Crippen LogP) is 4.21. The molecule has 0 atom stereocenters. The Hall–Kier alpha value is -1.05. The van der Waals surface area contributed by atoms with E-state index in [9.17, 15) is 4.79 Å². The Labute approximate surface area is 158 Å². The molecule has 24 heavy (non-hydrogen) atoms. The molecule has 6 heteroatoms. The summed E-state index contributed by atoms with van der Waals surface area (Å²) in [7, 11) is 2.12. The first-order valence-electron chi connectivity index (χ1n) is 8.55. The van der Waals surface area contributed by atoms with Crippen molar-refractivity contribution < 1.29 is 9.53 Å². The molecule has 0 aromatic carbocycles. The van der Waals surface area contributed by atoms with Gasteiger partial charge in [0.1, 0.15) is 9.30 Å². The molecule has 1 aliphatic carbocycles. The van der Waals surface area contributed by atoms with Crippen molar-refractivity contribution in [2.45, 2.75) is 58.1 Å². The Morgan fingerprint density at radius 2 is 2.00 bits per heavy atom. The van der Waals surface area contributed by atoms with Gasteiger partial charge in [-0.2, -0.15) is 0 Å². The molecule has 0 unspecified atom stereocenters. The number of nitrogens with zero attached hydrogens (tertiary/aromatic N) is 2.